The lowest BCUT2D eigenvalue weighted by Gasteiger charge is -2.24. The fraction of sp³-hybridized carbons (Fsp3) is 0.150. The molecule has 28 heavy (non-hydrogen) atoms. The van der Waals surface area contributed by atoms with Gasteiger partial charge in [-0.1, -0.05) is 41.7 Å². The van der Waals surface area contributed by atoms with Gasteiger partial charge in [-0.3, -0.25) is 0 Å². The summed E-state index contributed by atoms with van der Waals surface area (Å²) in [5.74, 6) is 2.90. The van der Waals surface area contributed by atoms with Gasteiger partial charge in [0.2, 0.25) is 4.96 Å². The van der Waals surface area contributed by atoms with Crippen LogP contribution in [0.25, 0.3) is 17.1 Å². The first kappa shape index (κ1) is 16.8. The van der Waals surface area contributed by atoms with Gasteiger partial charge < -0.3 is 14.2 Å². The Bertz CT molecular complexity index is 1150. The Morgan fingerprint density at radius 3 is 2.71 bits per heavy atom. The molecule has 2 aromatic heterocycles. The molecule has 0 N–H and O–H groups in total. The monoisotopic (exact) mass is 392 g/mol. The predicted molar refractivity (Wildman–Crippen MR) is 106 cm³/mol. The van der Waals surface area contributed by atoms with E-state index in [-0.39, 0.29) is 6.10 Å². The smallest absolute Gasteiger partial charge is 0.235 e. The van der Waals surface area contributed by atoms with Crippen molar-refractivity contribution in [2.45, 2.75) is 6.10 Å². The zero-order valence-electron chi connectivity index (χ0n) is 15.0. The molecule has 0 radical (unpaired) electrons. The van der Waals surface area contributed by atoms with Crippen LogP contribution in [0.4, 0.5) is 0 Å². The number of methoxy groups -OCH3 is 1. The van der Waals surface area contributed by atoms with E-state index in [0.29, 0.717) is 23.1 Å². The second-order valence-electron chi connectivity index (χ2n) is 6.16. The molecule has 0 amide bonds. The lowest BCUT2D eigenvalue weighted by molar-refractivity contribution is 0.0836. The first-order chi connectivity index (χ1) is 13.8. The molecule has 0 saturated carbocycles. The maximum Gasteiger partial charge on any atom is 0.235 e. The normalized spacial score (nSPS) is 16.0. The van der Waals surface area contributed by atoms with Crippen molar-refractivity contribution >= 4 is 28.4 Å². The van der Waals surface area contributed by atoms with Gasteiger partial charge in [0.05, 0.1) is 7.11 Å². The standard InChI is InChI=1S/C20H16N4O3S/c1-25-14-9-6-13(7-10-14)8-11-18-23-24-19(21-22-20(24)28-18)17-12-26-15-4-2-3-5-16(15)27-17/h2-11,17H,12H2,1H3/b11-8+/t17-/m0/s1. The molecule has 3 heterocycles. The fourth-order valence-corrected chi connectivity index (χ4v) is 3.69. The molecule has 7 nitrogen and oxygen atoms in total. The van der Waals surface area contributed by atoms with Crippen LogP contribution in [0.1, 0.15) is 22.5 Å². The summed E-state index contributed by atoms with van der Waals surface area (Å²) in [4.78, 5) is 0.715. The summed E-state index contributed by atoms with van der Waals surface area (Å²) in [5.41, 5.74) is 1.06. The molecule has 8 heteroatoms. The van der Waals surface area contributed by atoms with E-state index in [1.165, 1.54) is 11.3 Å². The van der Waals surface area contributed by atoms with Crippen molar-refractivity contribution in [2.75, 3.05) is 13.7 Å². The highest BCUT2D eigenvalue weighted by Crippen LogP contribution is 2.35. The highest BCUT2D eigenvalue weighted by Gasteiger charge is 2.27. The van der Waals surface area contributed by atoms with Crippen LogP contribution in [0.2, 0.25) is 0 Å². The molecular formula is C20H16N4O3S. The number of rotatable bonds is 4. The Morgan fingerprint density at radius 2 is 1.89 bits per heavy atom. The highest BCUT2D eigenvalue weighted by atomic mass is 32.1. The summed E-state index contributed by atoms with van der Waals surface area (Å²) < 4.78 is 18.7. The van der Waals surface area contributed by atoms with Crippen LogP contribution in [-0.2, 0) is 0 Å². The first-order valence-electron chi connectivity index (χ1n) is 8.73. The maximum absolute atomic E-state index is 6.03. The Morgan fingerprint density at radius 1 is 1.07 bits per heavy atom. The number of hydrogen-bond donors (Lipinski definition) is 0. The third kappa shape index (κ3) is 3.07. The largest absolute Gasteiger partial charge is 0.497 e. The number of nitrogens with zero attached hydrogens (tertiary/aromatic N) is 4. The van der Waals surface area contributed by atoms with Crippen LogP contribution >= 0.6 is 11.3 Å². The summed E-state index contributed by atoms with van der Waals surface area (Å²) in [6, 6.07) is 15.4. The van der Waals surface area contributed by atoms with Gasteiger partial charge >= 0.3 is 0 Å². The fourth-order valence-electron chi connectivity index (χ4n) is 2.94. The van der Waals surface area contributed by atoms with Crippen LogP contribution in [0.3, 0.4) is 0 Å². The van der Waals surface area contributed by atoms with Crippen molar-refractivity contribution in [1.82, 2.24) is 19.8 Å². The highest BCUT2D eigenvalue weighted by molar-refractivity contribution is 7.17. The summed E-state index contributed by atoms with van der Waals surface area (Å²) in [7, 11) is 1.65. The average molecular weight is 392 g/mol. The van der Waals surface area contributed by atoms with E-state index < -0.39 is 0 Å². The van der Waals surface area contributed by atoms with Gasteiger partial charge in [-0.2, -0.15) is 9.61 Å². The lowest BCUT2D eigenvalue weighted by Crippen LogP contribution is -2.23. The van der Waals surface area contributed by atoms with Crippen molar-refractivity contribution in [1.29, 1.82) is 0 Å². The summed E-state index contributed by atoms with van der Waals surface area (Å²) in [6.07, 6.45) is 3.60. The molecule has 140 valence electrons. The molecule has 5 rings (SSSR count). The van der Waals surface area contributed by atoms with Crippen molar-refractivity contribution in [3.8, 4) is 17.2 Å². The van der Waals surface area contributed by atoms with Crippen LogP contribution in [-0.4, -0.2) is 33.5 Å². The van der Waals surface area contributed by atoms with Gasteiger partial charge in [0, 0.05) is 0 Å². The van der Waals surface area contributed by atoms with Gasteiger partial charge in [0.1, 0.15) is 17.4 Å². The molecule has 0 fully saturated rings. The van der Waals surface area contributed by atoms with E-state index in [0.717, 1.165) is 22.1 Å². The molecule has 2 aromatic carbocycles. The SMILES string of the molecule is COc1ccc(/C=C/c2nn3c([C@@H]4COc5ccccc5O4)nnc3s2)cc1. The molecule has 1 aliphatic heterocycles. The van der Waals surface area contributed by atoms with Crippen LogP contribution in [0.15, 0.2) is 48.5 Å². The molecule has 1 atom stereocenters. The minimum absolute atomic E-state index is 0.356. The predicted octanol–water partition coefficient (Wildman–Crippen LogP) is 3.88. The van der Waals surface area contributed by atoms with Gasteiger partial charge in [0.15, 0.2) is 23.4 Å². The summed E-state index contributed by atoms with van der Waals surface area (Å²) >= 11 is 1.46. The Hall–Kier alpha value is -3.39. The lowest BCUT2D eigenvalue weighted by atomic mass is 10.2. The summed E-state index contributed by atoms with van der Waals surface area (Å²) in [5, 5.41) is 13.9. The Kier molecular flexibility index (Phi) is 4.17. The quantitative estimate of drug-likeness (QED) is 0.525. The molecule has 0 unspecified atom stereocenters. The van der Waals surface area contributed by atoms with E-state index in [2.05, 4.69) is 15.3 Å². The van der Waals surface area contributed by atoms with E-state index in [1.807, 2.05) is 60.7 Å². The van der Waals surface area contributed by atoms with E-state index >= 15 is 0 Å². The number of ether oxygens (including phenoxy) is 3. The topological polar surface area (TPSA) is 70.8 Å². The van der Waals surface area contributed by atoms with E-state index in [9.17, 15) is 0 Å². The number of aromatic nitrogens is 4. The molecule has 1 aliphatic rings. The molecular weight excluding hydrogens is 376 g/mol. The Labute approximate surface area is 164 Å². The van der Waals surface area contributed by atoms with E-state index in [4.69, 9.17) is 14.2 Å². The van der Waals surface area contributed by atoms with Crippen LogP contribution in [0.5, 0.6) is 17.2 Å². The second kappa shape index (κ2) is 6.97. The average Bonchev–Trinajstić information content (AvgIpc) is 3.32. The van der Waals surface area contributed by atoms with Crippen LogP contribution < -0.4 is 14.2 Å². The third-order valence-electron chi connectivity index (χ3n) is 4.36. The number of benzene rings is 2. The maximum atomic E-state index is 6.03. The Balaban J connectivity index is 1.39. The third-order valence-corrected chi connectivity index (χ3v) is 5.23. The number of hydrogen-bond acceptors (Lipinski definition) is 7. The molecule has 0 bridgehead atoms. The van der Waals surface area contributed by atoms with Gasteiger partial charge in [-0.25, -0.2) is 0 Å². The number of para-hydroxylation sites is 2. The van der Waals surface area contributed by atoms with Crippen molar-refractivity contribution in [3.63, 3.8) is 0 Å². The summed E-state index contributed by atoms with van der Waals surface area (Å²) in [6.45, 7) is 0.367. The minimum Gasteiger partial charge on any atom is -0.497 e. The second-order valence-corrected chi connectivity index (χ2v) is 7.15. The first-order valence-corrected chi connectivity index (χ1v) is 9.54. The van der Waals surface area contributed by atoms with Crippen molar-refractivity contribution in [2.24, 2.45) is 0 Å². The zero-order valence-corrected chi connectivity index (χ0v) is 15.8. The van der Waals surface area contributed by atoms with Gasteiger partial charge in [0.25, 0.3) is 0 Å². The van der Waals surface area contributed by atoms with Crippen molar-refractivity contribution in [3.05, 3.63) is 64.9 Å². The van der Waals surface area contributed by atoms with Gasteiger partial charge in [-0.05, 0) is 35.9 Å². The van der Waals surface area contributed by atoms with E-state index in [1.54, 1.807) is 11.6 Å². The molecule has 4 aromatic rings. The molecule has 0 aliphatic carbocycles. The van der Waals surface area contributed by atoms with Gasteiger partial charge in [-0.15, -0.1) is 10.2 Å². The molecule has 0 spiro atoms. The van der Waals surface area contributed by atoms with Crippen LogP contribution in [0, 0.1) is 0 Å². The zero-order chi connectivity index (χ0) is 18.9. The molecule has 0 saturated heterocycles. The minimum atomic E-state index is -0.356. The number of fused-ring (bicyclic) bond motifs is 2. The van der Waals surface area contributed by atoms with Crippen molar-refractivity contribution < 1.29 is 14.2 Å².